The first-order valence-electron chi connectivity index (χ1n) is 7.69. The number of carbonyl (C=O) groups is 1. The van der Waals surface area contributed by atoms with Gasteiger partial charge in [0.25, 0.3) is 0 Å². The predicted octanol–water partition coefficient (Wildman–Crippen LogP) is 3.11. The van der Waals surface area contributed by atoms with Crippen molar-refractivity contribution in [2.45, 2.75) is 51.6 Å². The van der Waals surface area contributed by atoms with Gasteiger partial charge in [0, 0.05) is 25.0 Å². The number of amides is 1. The van der Waals surface area contributed by atoms with E-state index < -0.39 is 0 Å². The minimum Gasteiger partial charge on any atom is -0.339 e. The van der Waals surface area contributed by atoms with Crippen molar-refractivity contribution in [3.8, 4) is 0 Å². The highest BCUT2D eigenvalue weighted by Gasteiger charge is 2.29. The van der Waals surface area contributed by atoms with Gasteiger partial charge in [-0.05, 0) is 30.7 Å². The third-order valence-corrected chi connectivity index (χ3v) is 4.26. The van der Waals surface area contributed by atoms with Crippen LogP contribution >= 0.6 is 0 Å². The lowest BCUT2D eigenvalue weighted by Crippen LogP contribution is -2.47. The lowest BCUT2D eigenvalue weighted by molar-refractivity contribution is -0.136. The maximum Gasteiger partial charge on any atom is 0.224 e. The van der Waals surface area contributed by atoms with E-state index in [2.05, 4.69) is 18.7 Å². The molecule has 0 spiro atoms. The molecular weight excluding hydrogens is 248 g/mol. The van der Waals surface area contributed by atoms with Gasteiger partial charge in [-0.3, -0.25) is 4.79 Å². The van der Waals surface area contributed by atoms with Crippen molar-refractivity contribution < 1.29 is 4.79 Å². The van der Waals surface area contributed by atoms with Crippen molar-refractivity contribution in [1.82, 2.24) is 4.90 Å². The number of carbonyl (C=O) groups excluding carboxylic acids is 1. The third kappa shape index (κ3) is 3.60. The molecule has 20 heavy (non-hydrogen) atoms. The van der Waals surface area contributed by atoms with Crippen LogP contribution in [0.2, 0.25) is 0 Å². The highest BCUT2D eigenvalue weighted by Crippen LogP contribution is 2.25. The molecule has 2 N–H and O–H groups in total. The molecule has 2 unspecified atom stereocenters. The quantitative estimate of drug-likeness (QED) is 0.917. The van der Waals surface area contributed by atoms with Crippen LogP contribution in [0.1, 0.15) is 51.1 Å². The first-order valence-corrected chi connectivity index (χ1v) is 7.69. The average molecular weight is 274 g/mol. The molecule has 2 atom stereocenters. The zero-order chi connectivity index (χ0) is 14.5. The largest absolute Gasteiger partial charge is 0.339 e. The van der Waals surface area contributed by atoms with Gasteiger partial charge in [-0.1, -0.05) is 44.2 Å². The fourth-order valence-corrected chi connectivity index (χ4v) is 3.08. The van der Waals surface area contributed by atoms with Gasteiger partial charge in [0.1, 0.15) is 0 Å². The highest BCUT2D eigenvalue weighted by atomic mass is 16.2. The summed E-state index contributed by atoms with van der Waals surface area (Å²) in [6.45, 7) is 5.30. The Kier molecular flexibility index (Phi) is 5.18. The van der Waals surface area contributed by atoms with Gasteiger partial charge in [-0.2, -0.15) is 0 Å². The molecule has 1 saturated heterocycles. The van der Waals surface area contributed by atoms with Crippen LogP contribution in [-0.2, 0) is 4.79 Å². The number of hydrogen-bond donors (Lipinski definition) is 1. The number of hydrogen-bond acceptors (Lipinski definition) is 2. The van der Waals surface area contributed by atoms with E-state index in [1.54, 1.807) is 0 Å². The molecule has 1 amide bonds. The van der Waals surface area contributed by atoms with Gasteiger partial charge < -0.3 is 10.6 Å². The average Bonchev–Trinajstić information content (AvgIpc) is 2.48. The van der Waals surface area contributed by atoms with Crippen LogP contribution in [0.5, 0.6) is 0 Å². The minimum absolute atomic E-state index is 0.196. The van der Waals surface area contributed by atoms with E-state index in [1.165, 1.54) is 6.42 Å². The van der Waals surface area contributed by atoms with Crippen molar-refractivity contribution in [2.75, 3.05) is 6.54 Å². The second kappa shape index (κ2) is 6.89. The van der Waals surface area contributed by atoms with Crippen LogP contribution in [-0.4, -0.2) is 23.4 Å². The molecule has 1 aliphatic heterocycles. The van der Waals surface area contributed by atoms with Crippen molar-refractivity contribution >= 4 is 5.91 Å². The first-order chi connectivity index (χ1) is 9.59. The van der Waals surface area contributed by atoms with Gasteiger partial charge in [0.15, 0.2) is 0 Å². The van der Waals surface area contributed by atoms with Crippen LogP contribution in [0, 0.1) is 5.92 Å². The zero-order valence-corrected chi connectivity index (χ0v) is 12.6. The second-order valence-corrected chi connectivity index (χ2v) is 6.12. The van der Waals surface area contributed by atoms with Gasteiger partial charge >= 0.3 is 0 Å². The molecule has 0 aliphatic carbocycles. The molecule has 1 heterocycles. The fraction of sp³-hybridized carbons (Fsp3) is 0.588. The van der Waals surface area contributed by atoms with E-state index in [0.29, 0.717) is 18.4 Å². The SMILES string of the molecule is CC(C)C1CCCCN1C(=O)CC(N)c1ccccc1. The highest BCUT2D eigenvalue weighted by molar-refractivity contribution is 5.77. The van der Waals surface area contributed by atoms with Crippen molar-refractivity contribution in [3.05, 3.63) is 35.9 Å². The monoisotopic (exact) mass is 274 g/mol. The molecule has 3 nitrogen and oxygen atoms in total. The van der Waals surface area contributed by atoms with Crippen molar-refractivity contribution in [3.63, 3.8) is 0 Å². The Balaban J connectivity index is 1.99. The van der Waals surface area contributed by atoms with Gasteiger partial charge in [0.05, 0.1) is 0 Å². The van der Waals surface area contributed by atoms with Crippen LogP contribution in [0.15, 0.2) is 30.3 Å². The fourth-order valence-electron chi connectivity index (χ4n) is 3.08. The van der Waals surface area contributed by atoms with E-state index in [9.17, 15) is 4.79 Å². The normalized spacial score (nSPS) is 21.0. The summed E-state index contributed by atoms with van der Waals surface area (Å²) in [4.78, 5) is 14.6. The summed E-state index contributed by atoms with van der Waals surface area (Å²) in [6.07, 6.45) is 3.89. The molecule has 1 fully saturated rings. The molecule has 1 aliphatic rings. The lowest BCUT2D eigenvalue weighted by atomic mass is 9.92. The Bertz CT molecular complexity index is 430. The Hall–Kier alpha value is -1.35. The molecular formula is C17H26N2O. The van der Waals surface area contributed by atoms with Crippen molar-refractivity contribution in [1.29, 1.82) is 0 Å². The Labute approximate surface area is 122 Å². The maximum atomic E-state index is 12.5. The molecule has 0 saturated carbocycles. The molecule has 0 bridgehead atoms. The van der Waals surface area contributed by atoms with Crippen molar-refractivity contribution in [2.24, 2.45) is 11.7 Å². The predicted molar refractivity (Wildman–Crippen MR) is 82.2 cm³/mol. The lowest BCUT2D eigenvalue weighted by Gasteiger charge is -2.38. The number of nitrogens with two attached hydrogens (primary N) is 1. The molecule has 1 aromatic carbocycles. The number of benzene rings is 1. The number of piperidine rings is 1. The standard InChI is InChI=1S/C17H26N2O/c1-13(2)16-10-6-7-11-19(16)17(20)12-15(18)14-8-4-3-5-9-14/h3-5,8-9,13,15-16H,6-7,10-12,18H2,1-2H3. The Morgan fingerprint density at radius 2 is 2.00 bits per heavy atom. The van der Waals surface area contributed by atoms with Crippen LogP contribution < -0.4 is 5.73 Å². The van der Waals surface area contributed by atoms with E-state index >= 15 is 0 Å². The molecule has 2 rings (SSSR count). The van der Waals surface area contributed by atoms with E-state index in [-0.39, 0.29) is 11.9 Å². The summed E-state index contributed by atoms with van der Waals surface area (Å²) in [5.74, 6) is 0.729. The third-order valence-electron chi connectivity index (χ3n) is 4.26. The van der Waals surface area contributed by atoms with Gasteiger partial charge in [0.2, 0.25) is 5.91 Å². The van der Waals surface area contributed by atoms with E-state index in [0.717, 1.165) is 24.9 Å². The number of nitrogens with zero attached hydrogens (tertiary/aromatic N) is 1. The summed E-state index contributed by atoms with van der Waals surface area (Å²) in [5.41, 5.74) is 7.22. The molecule has 0 radical (unpaired) electrons. The molecule has 0 aromatic heterocycles. The minimum atomic E-state index is -0.196. The summed E-state index contributed by atoms with van der Waals surface area (Å²) >= 11 is 0. The summed E-state index contributed by atoms with van der Waals surface area (Å²) in [7, 11) is 0. The summed E-state index contributed by atoms with van der Waals surface area (Å²) in [6, 6.07) is 10.1. The number of rotatable bonds is 4. The first kappa shape index (κ1) is 15.0. The zero-order valence-electron chi connectivity index (χ0n) is 12.6. The van der Waals surface area contributed by atoms with E-state index in [1.807, 2.05) is 30.3 Å². The number of likely N-dealkylation sites (tertiary alicyclic amines) is 1. The van der Waals surface area contributed by atoms with Crippen LogP contribution in [0.25, 0.3) is 0 Å². The molecule has 1 aromatic rings. The Morgan fingerprint density at radius 3 is 2.65 bits per heavy atom. The maximum absolute atomic E-state index is 12.5. The smallest absolute Gasteiger partial charge is 0.224 e. The Morgan fingerprint density at radius 1 is 1.30 bits per heavy atom. The second-order valence-electron chi connectivity index (χ2n) is 6.12. The van der Waals surface area contributed by atoms with Crippen LogP contribution in [0.4, 0.5) is 0 Å². The topological polar surface area (TPSA) is 46.3 Å². The summed E-state index contributed by atoms with van der Waals surface area (Å²) in [5, 5.41) is 0. The summed E-state index contributed by atoms with van der Waals surface area (Å²) < 4.78 is 0. The van der Waals surface area contributed by atoms with Gasteiger partial charge in [-0.15, -0.1) is 0 Å². The van der Waals surface area contributed by atoms with Gasteiger partial charge in [-0.25, -0.2) is 0 Å². The van der Waals surface area contributed by atoms with Crippen LogP contribution in [0.3, 0.4) is 0 Å². The molecule has 110 valence electrons. The molecule has 3 heteroatoms. The van der Waals surface area contributed by atoms with E-state index in [4.69, 9.17) is 5.73 Å².